The van der Waals surface area contributed by atoms with Crippen LogP contribution in [0.25, 0.3) is 0 Å². The summed E-state index contributed by atoms with van der Waals surface area (Å²) in [7, 11) is 0. The molecule has 0 radical (unpaired) electrons. The molecule has 1 N–H and O–H groups in total. The van der Waals surface area contributed by atoms with Crippen molar-refractivity contribution in [1.82, 2.24) is 10.3 Å². The number of aryl methyl sites for hydroxylation is 2. The lowest BCUT2D eigenvalue weighted by Gasteiger charge is -2.23. The molecular formula is C17H22N2O2S. The third-order valence-electron chi connectivity index (χ3n) is 3.36. The van der Waals surface area contributed by atoms with Gasteiger partial charge in [0.1, 0.15) is 11.6 Å². The zero-order chi connectivity index (χ0) is 16.2. The molecule has 2 rings (SSSR count). The minimum Gasteiger partial charge on any atom is -0.367 e. The highest BCUT2D eigenvalue weighted by molar-refractivity contribution is 7.11. The van der Waals surface area contributed by atoms with Crippen molar-refractivity contribution < 1.29 is 9.53 Å². The van der Waals surface area contributed by atoms with Gasteiger partial charge in [0.25, 0.3) is 0 Å². The molecule has 0 aliphatic rings. The molecule has 0 spiro atoms. The van der Waals surface area contributed by atoms with E-state index < -0.39 is 5.54 Å². The first kappa shape index (κ1) is 16.6. The Labute approximate surface area is 135 Å². The van der Waals surface area contributed by atoms with E-state index in [1.54, 1.807) is 11.3 Å². The van der Waals surface area contributed by atoms with Gasteiger partial charge in [-0.05, 0) is 33.3 Å². The zero-order valence-electron chi connectivity index (χ0n) is 13.5. The average Bonchev–Trinajstić information content (AvgIpc) is 2.80. The molecule has 0 fully saturated rings. The summed E-state index contributed by atoms with van der Waals surface area (Å²) in [5, 5.41) is 3.90. The van der Waals surface area contributed by atoms with E-state index in [0.717, 1.165) is 16.3 Å². The molecule has 22 heavy (non-hydrogen) atoms. The van der Waals surface area contributed by atoms with Crippen molar-refractivity contribution in [3.63, 3.8) is 0 Å². The molecule has 0 bridgehead atoms. The Morgan fingerprint density at radius 2 is 1.95 bits per heavy atom. The van der Waals surface area contributed by atoms with Gasteiger partial charge in [-0.3, -0.25) is 4.79 Å². The number of hydrogen-bond donors (Lipinski definition) is 1. The van der Waals surface area contributed by atoms with Crippen LogP contribution in [0.4, 0.5) is 0 Å². The van der Waals surface area contributed by atoms with Crippen LogP contribution < -0.4 is 5.32 Å². The third kappa shape index (κ3) is 4.39. The Morgan fingerprint density at radius 3 is 2.55 bits per heavy atom. The molecule has 1 aromatic carbocycles. The first-order valence-electron chi connectivity index (χ1n) is 7.25. The van der Waals surface area contributed by atoms with E-state index >= 15 is 0 Å². The van der Waals surface area contributed by atoms with E-state index in [-0.39, 0.29) is 12.5 Å². The Morgan fingerprint density at radius 1 is 1.27 bits per heavy atom. The summed E-state index contributed by atoms with van der Waals surface area (Å²) in [5.41, 5.74) is 1.58. The van der Waals surface area contributed by atoms with Crippen molar-refractivity contribution in [3.05, 3.63) is 51.5 Å². The van der Waals surface area contributed by atoms with Gasteiger partial charge < -0.3 is 10.1 Å². The van der Waals surface area contributed by atoms with Crippen LogP contribution in [0.1, 0.15) is 35.0 Å². The maximum Gasteiger partial charge on any atom is 0.246 e. The first-order chi connectivity index (χ1) is 10.4. The molecule has 0 aliphatic carbocycles. The quantitative estimate of drug-likeness (QED) is 0.889. The fraction of sp³-hybridized carbons (Fsp3) is 0.412. The van der Waals surface area contributed by atoms with Crippen LogP contribution in [-0.2, 0) is 21.7 Å². The Balaban J connectivity index is 1.85. The number of thiazole rings is 1. The number of rotatable bonds is 6. The minimum absolute atomic E-state index is 0.0433. The highest BCUT2D eigenvalue weighted by atomic mass is 32.1. The van der Waals surface area contributed by atoms with E-state index in [0.29, 0.717) is 6.61 Å². The van der Waals surface area contributed by atoms with Crippen LogP contribution in [0.2, 0.25) is 0 Å². The Kier molecular flexibility index (Phi) is 5.32. The summed E-state index contributed by atoms with van der Waals surface area (Å²) in [6.07, 6.45) is 0. The summed E-state index contributed by atoms with van der Waals surface area (Å²) in [4.78, 5) is 17.8. The summed E-state index contributed by atoms with van der Waals surface area (Å²) < 4.78 is 5.46. The number of amides is 1. The molecule has 1 amide bonds. The molecule has 2 aromatic rings. The van der Waals surface area contributed by atoms with E-state index in [1.165, 1.54) is 4.88 Å². The van der Waals surface area contributed by atoms with Crippen molar-refractivity contribution in [3.8, 4) is 0 Å². The van der Waals surface area contributed by atoms with Gasteiger partial charge >= 0.3 is 0 Å². The number of carbonyl (C=O) groups is 1. The lowest BCUT2D eigenvalue weighted by molar-refractivity contribution is -0.127. The average molecular weight is 318 g/mol. The molecule has 0 atom stereocenters. The van der Waals surface area contributed by atoms with Gasteiger partial charge in [-0.15, -0.1) is 11.3 Å². The minimum atomic E-state index is -0.489. The molecular weight excluding hydrogens is 296 g/mol. The Bertz CT molecular complexity index is 616. The van der Waals surface area contributed by atoms with Crippen LogP contribution in [0.3, 0.4) is 0 Å². The molecule has 5 heteroatoms. The molecule has 1 aromatic heterocycles. The van der Waals surface area contributed by atoms with Crippen LogP contribution in [0, 0.1) is 13.8 Å². The zero-order valence-corrected chi connectivity index (χ0v) is 14.3. The molecule has 0 aliphatic heterocycles. The second-order valence-electron chi connectivity index (χ2n) is 5.81. The highest BCUT2D eigenvalue weighted by Crippen LogP contribution is 2.27. The third-order valence-corrected chi connectivity index (χ3v) is 4.76. The smallest absolute Gasteiger partial charge is 0.246 e. The van der Waals surface area contributed by atoms with Crippen molar-refractivity contribution in [2.24, 2.45) is 0 Å². The van der Waals surface area contributed by atoms with E-state index in [2.05, 4.69) is 10.3 Å². The van der Waals surface area contributed by atoms with Crippen LogP contribution in [0.5, 0.6) is 0 Å². The topological polar surface area (TPSA) is 51.2 Å². The Hall–Kier alpha value is -1.72. The highest BCUT2D eigenvalue weighted by Gasteiger charge is 2.26. The van der Waals surface area contributed by atoms with Crippen molar-refractivity contribution in [2.45, 2.75) is 39.8 Å². The number of ether oxygens (including phenoxy) is 1. The van der Waals surface area contributed by atoms with E-state index in [4.69, 9.17) is 4.74 Å². The van der Waals surface area contributed by atoms with Gasteiger partial charge in [-0.25, -0.2) is 4.98 Å². The SMILES string of the molecule is Cc1nc(C(C)(C)NC(=O)COCc2ccccc2)sc1C. The molecule has 4 nitrogen and oxygen atoms in total. The van der Waals surface area contributed by atoms with Gasteiger partial charge in [0.2, 0.25) is 5.91 Å². The van der Waals surface area contributed by atoms with Gasteiger partial charge in [-0.2, -0.15) is 0 Å². The predicted molar refractivity (Wildman–Crippen MR) is 88.9 cm³/mol. The van der Waals surface area contributed by atoms with Crippen molar-refractivity contribution in [1.29, 1.82) is 0 Å². The maximum absolute atomic E-state index is 12.1. The van der Waals surface area contributed by atoms with E-state index in [9.17, 15) is 4.79 Å². The molecule has 1 heterocycles. The monoisotopic (exact) mass is 318 g/mol. The van der Waals surface area contributed by atoms with Gasteiger partial charge in [-0.1, -0.05) is 30.3 Å². The van der Waals surface area contributed by atoms with Gasteiger partial charge in [0, 0.05) is 4.88 Å². The van der Waals surface area contributed by atoms with Crippen LogP contribution in [0.15, 0.2) is 30.3 Å². The number of carbonyl (C=O) groups excluding carboxylic acids is 1. The number of aromatic nitrogens is 1. The van der Waals surface area contributed by atoms with E-state index in [1.807, 2.05) is 58.0 Å². The number of nitrogens with zero attached hydrogens (tertiary/aromatic N) is 1. The second-order valence-corrected chi connectivity index (χ2v) is 7.02. The molecule has 0 saturated heterocycles. The molecule has 118 valence electrons. The predicted octanol–water partition coefficient (Wildman–Crippen LogP) is 3.33. The maximum atomic E-state index is 12.1. The number of benzene rings is 1. The van der Waals surface area contributed by atoms with Gasteiger partial charge in [0.15, 0.2) is 0 Å². The van der Waals surface area contributed by atoms with Crippen LogP contribution in [-0.4, -0.2) is 17.5 Å². The molecule has 0 unspecified atom stereocenters. The number of hydrogen-bond acceptors (Lipinski definition) is 4. The van der Waals surface area contributed by atoms with Gasteiger partial charge in [0.05, 0.1) is 17.8 Å². The number of nitrogens with one attached hydrogen (secondary N) is 1. The standard InChI is InChI=1S/C17H22N2O2S/c1-12-13(2)22-16(18-12)17(3,4)19-15(20)11-21-10-14-8-6-5-7-9-14/h5-9H,10-11H2,1-4H3,(H,19,20). The summed E-state index contributed by atoms with van der Waals surface area (Å²) >= 11 is 1.62. The van der Waals surface area contributed by atoms with Crippen LogP contribution >= 0.6 is 11.3 Å². The molecule has 0 saturated carbocycles. The lowest BCUT2D eigenvalue weighted by Crippen LogP contribution is -2.42. The summed E-state index contributed by atoms with van der Waals surface area (Å²) in [6, 6.07) is 9.81. The normalized spacial score (nSPS) is 11.5. The van der Waals surface area contributed by atoms with Crippen molar-refractivity contribution in [2.75, 3.05) is 6.61 Å². The lowest BCUT2D eigenvalue weighted by atomic mass is 10.1. The second kappa shape index (κ2) is 7.03. The fourth-order valence-corrected chi connectivity index (χ4v) is 2.99. The van der Waals surface area contributed by atoms with Crippen molar-refractivity contribution >= 4 is 17.2 Å². The first-order valence-corrected chi connectivity index (χ1v) is 8.07. The fourth-order valence-electron chi connectivity index (χ4n) is 2.01. The largest absolute Gasteiger partial charge is 0.367 e. The summed E-state index contributed by atoms with van der Waals surface area (Å²) in [6.45, 7) is 8.42. The summed E-state index contributed by atoms with van der Waals surface area (Å²) in [5.74, 6) is -0.133.